The Bertz CT molecular complexity index is 469. The van der Waals surface area contributed by atoms with E-state index >= 15 is 0 Å². The highest BCUT2D eigenvalue weighted by atomic mass is 32.2. The van der Waals surface area contributed by atoms with Crippen molar-refractivity contribution in [3.05, 3.63) is 0 Å². The van der Waals surface area contributed by atoms with Crippen LogP contribution in [-0.4, -0.2) is 38.2 Å². The van der Waals surface area contributed by atoms with E-state index in [0.717, 1.165) is 0 Å². The molecule has 0 fully saturated rings. The summed E-state index contributed by atoms with van der Waals surface area (Å²) >= 11 is 0. The first kappa shape index (κ1) is 20.1. The number of hydrogen-bond acceptors (Lipinski definition) is 4. The lowest BCUT2D eigenvalue weighted by Gasteiger charge is -2.32. The van der Waals surface area contributed by atoms with Gasteiger partial charge in [0.15, 0.2) is 0 Å². The zero-order valence-corrected chi connectivity index (χ0v) is 9.59. The van der Waals surface area contributed by atoms with Gasteiger partial charge in [0.25, 0.3) is 0 Å². The van der Waals surface area contributed by atoms with Crippen molar-refractivity contribution in [3.63, 3.8) is 0 Å². The first-order valence-electron chi connectivity index (χ1n) is 4.00. The fourth-order valence-electron chi connectivity index (χ4n) is 0.657. The molecule has 0 aromatic rings. The quantitative estimate of drug-likeness (QED) is 0.679. The van der Waals surface area contributed by atoms with Gasteiger partial charge in [0.1, 0.15) is 0 Å². The van der Waals surface area contributed by atoms with Crippen molar-refractivity contribution in [3.8, 4) is 0 Å². The smallest absolute Gasteiger partial charge is 0.264 e. The van der Waals surface area contributed by atoms with Crippen LogP contribution in [0.2, 0.25) is 0 Å². The van der Waals surface area contributed by atoms with Crippen molar-refractivity contribution in [1.82, 2.24) is 0 Å². The summed E-state index contributed by atoms with van der Waals surface area (Å²) in [7, 11) is -7.25. The average Bonchev–Trinajstić information content (AvgIpc) is 2.25. The lowest BCUT2D eigenvalue weighted by atomic mass is 10.3. The number of ether oxygens (including phenoxy) is 1. The third-order valence-corrected chi connectivity index (χ3v) is 2.71. The fourth-order valence-corrected chi connectivity index (χ4v) is 1.07. The van der Waals surface area contributed by atoms with E-state index in [2.05, 4.69) is 0 Å². The zero-order valence-electron chi connectivity index (χ0n) is 8.78. The molecule has 0 radical (unpaired) electrons. The van der Waals surface area contributed by atoms with Crippen molar-refractivity contribution in [2.75, 3.05) is 0 Å². The van der Waals surface area contributed by atoms with E-state index in [9.17, 15) is 56.8 Å². The Morgan fingerprint density at radius 2 is 1.24 bits per heavy atom. The number of rotatable bonds is 6. The summed E-state index contributed by atoms with van der Waals surface area (Å²) in [6.45, 7) is 0. The molecule has 4 nitrogen and oxygen atoms in total. The Hall–Kier alpha value is -0.900. The van der Waals surface area contributed by atoms with Gasteiger partial charge in [0, 0.05) is 0 Å². The molecule has 0 amide bonds. The molecule has 0 spiro atoms. The van der Waals surface area contributed by atoms with Crippen LogP contribution in [0.15, 0.2) is 0 Å². The van der Waals surface area contributed by atoms with Crippen LogP contribution in [0.5, 0.6) is 0 Å². The lowest BCUT2D eigenvalue weighted by molar-refractivity contribution is -0.459. The lowest BCUT2D eigenvalue weighted by Crippen LogP contribution is -2.59. The zero-order chi connectivity index (χ0) is 17.5. The monoisotopic (exact) mass is 366 g/mol. The first-order chi connectivity index (χ1) is 8.96. The molecule has 0 rings (SSSR count). The van der Waals surface area contributed by atoms with Gasteiger partial charge in [0.2, 0.25) is 0 Å². The highest BCUT2D eigenvalue weighted by Crippen LogP contribution is 2.49. The topological polar surface area (TPSA) is 52.6 Å². The van der Waals surface area contributed by atoms with E-state index in [1.54, 1.807) is 4.74 Å². The van der Waals surface area contributed by atoms with Crippen molar-refractivity contribution >= 4 is 10.1 Å². The van der Waals surface area contributed by atoms with Crippen LogP contribution in [0.25, 0.3) is 0 Å². The maximum atomic E-state index is 12.7. The van der Waals surface area contributed by atoms with E-state index < -0.39 is 39.9 Å². The minimum Gasteiger partial charge on any atom is -0.264 e. The van der Waals surface area contributed by atoms with Gasteiger partial charge in [-0.05, 0) is 4.53 Å². The van der Waals surface area contributed by atoms with Crippen LogP contribution in [0.3, 0.4) is 0 Å². The predicted octanol–water partition coefficient (Wildman–Crippen LogP) is 2.91. The largest absolute Gasteiger partial charge is 0.462 e. The van der Waals surface area contributed by atoms with Crippen LogP contribution in [0.4, 0.5) is 48.4 Å². The number of alkyl halides is 10. The second-order valence-corrected chi connectivity index (χ2v) is 4.64. The molecule has 0 aliphatic rings. The predicted molar refractivity (Wildman–Crippen MR) is 38.0 cm³/mol. The van der Waals surface area contributed by atoms with Crippen LogP contribution >= 0.6 is 0 Å². The highest BCUT2D eigenvalue weighted by Gasteiger charge is 2.77. The third-order valence-electron chi connectivity index (χ3n) is 1.68. The summed E-state index contributed by atoms with van der Waals surface area (Å²) in [5.74, 6) is -6.66. The standard InChI is InChI=1S/C5HF11O4S/c6-1(7)2(8,3(9,10)11)19-4(12,13)5(14,15)21(17,18)20-16/h1H. The van der Waals surface area contributed by atoms with Gasteiger partial charge >= 0.3 is 39.9 Å². The summed E-state index contributed by atoms with van der Waals surface area (Å²) in [6, 6.07) is 0. The van der Waals surface area contributed by atoms with Crippen molar-refractivity contribution < 1.29 is 66.0 Å². The molecule has 0 aromatic carbocycles. The maximum absolute atomic E-state index is 12.7. The Labute approximate surface area is 107 Å². The van der Waals surface area contributed by atoms with E-state index in [-0.39, 0.29) is 0 Å². The molecule has 0 aliphatic heterocycles. The SMILES string of the molecule is O=S(=O)(OF)C(F)(F)C(F)(F)OC(F)(C(F)F)C(F)(F)F. The molecule has 0 heterocycles. The highest BCUT2D eigenvalue weighted by molar-refractivity contribution is 7.87. The summed E-state index contributed by atoms with van der Waals surface area (Å²) in [5, 5.41) is -6.95. The minimum absolute atomic E-state index is 1.42. The van der Waals surface area contributed by atoms with Crippen LogP contribution in [0.1, 0.15) is 0 Å². The van der Waals surface area contributed by atoms with Gasteiger partial charge in [0.05, 0.1) is 0 Å². The van der Waals surface area contributed by atoms with E-state index in [1.165, 1.54) is 4.39 Å². The van der Waals surface area contributed by atoms with Gasteiger partial charge in [-0.3, -0.25) is 4.74 Å². The molecular formula is C5HF11O4S. The van der Waals surface area contributed by atoms with Crippen molar-refractivity contribution in [2.45, 2.75) is 29.8 Å². The number of hydrogen-bond donors (Lipinski definition) is 0. The Kier molecular flexibility index (Phi) is 5.15. The van der Waals surface area contributed by atoms with E-state index in [1.807, 2.05) is 0 Å². The second-order valence-electron chi connectivity index (χ2n) is 3.10. The van der Waals surface area contributed by atoms with Gasteiger partial charge in [-0.1, -0.05) is 4.39 Å². The molecule has 0 aliphatic carbocycles. The number of halogens is 11. The van der Waals surface area contributed by atoms with Gasteiger partial charge in [-0.2, -0.15) is 43.5 Å². The van der Waals surface area contributed by atoms with Crippen molar-refractivity contribution in [2.24, 2.45) is 0 Å². The third kappa shape index (κ3) is 3.31. The first-order valence-corrected chi connectivity index (χ1v) is 5.41. The summed E-state index contributed by atoms with van der Waals surface area (Å²) in [6.07, 6.45) is -19.5. The Morgan fingerprint density at radius 1 is 0.857 bits per heavy atom. The molecule has 1 atom stereocenters. The maximum Gasteiger partial charge on any atom is 0.462 e. The van der Waals surface area contributed by atoms with E-state index in [4.69, 9.17) is 0 Å². The van der Waals surface area contributed by atoms with Gasteiger partial charge in [-0.25, -0.2) is 8.78 Å². The Balaban J connectivity index is 5.86. The molecule has 0 N–H and O–H groups in total. The molecule has 128 valence electrons. The average molecular weight is 366 g/mol. The normalized spacial score (nSPS) is 17.9. The molecule has 0 saturated heterocycles. The molecule has 0 saturated carbocycles. The Morgan fingerprint density at radius 3 is 1.48 bits per heavy atom. The van der Waals surface area contributed by atoms with E-state index in [0.29, 0.717) is 0 Å². The molecule has 0 bridgehead atoms. The van der Waals surface area contributed by atoms with Crippen molar-refractivity contribution in [1.29, 1.82) is 0 Å². The molecule has 16 heteroatoms. The summed E-state index contributed by atoms with van der Waals surface area (Å²) in [5.41, 5.74) is 0. The molecule has 0 aromatic heterocycles. The molecule has 21 heavy (non-hydrogen) atoms. The van der Waals surface area contributed by atoms with Crippen LogP contribution in [-0.2, 0) is 19.2 Å². The molecular weight excluding hydrogens is 365 g/mol. The van der Waals surface area contributed by atoms with Gasteiger partial charge < -0.3 is 0 Å². The molecule has 1 unspecified atom stereocenters. The second kappa shape index (κ2) is 5.38. The summed E-state index contributed by atoms with van der Waals surface area (Å²) < 4.78 is 157. The minimum atomic E-state index is -7.25. The fraction of sp³-hybridized carbons (Fsp3) is 1.00. The van der Waals surface area contributed by atoms with Crippen LogP contribution in [0, 0.1) is 0 Å². The van der Waals surface area contributed by atoms with Crippen LogP contribution < -0.4 is 0 Å². The van der Waals surface area contributed by atoms with Gasteiger partial charge in [-0.15, -0.1) is 0 Å². The summed E-state index contributed by atoms with van der Waals surface area (Å²) in [4.78, 5) is 0.